The van der Waals surface area contributed by atoms with Gasteiger partial charge in [0.25, 0.3) is 5.56 Å². The molecule has 2 aromatic rings. The molecule has 3 rings (SSSR count). The number of aromatic amines is 1. The molecule has 0 spiro atoms. The van der Waals surface area contributed by atoms with Gasteiger partial charge in [-0.25, -0.2) is 4.79 Å². The number of benzene rings is 1. The Labute approximate surface area is 143 Å². The van der Waals surface area contributed by atoms with Crippen LogP contribution in [-0.2, 0) is 16.9 Å². The molecule has 3 atom stereocenters. The lowest BCUT2D eigenvalue weighted by atomic mass is 9.97. The van der Waals surface area contributed by atoms with E-state index in [2.05, 4.69) is 4.98 Å². The molecule has 8 nitrogen and oxygen atoms in total. The Kier molecular flexibility index (Phi) is 4.76. The summed E-state index contributed by atoms with van der Waals surface area (Å²) in [4.78, 5) is 25.9. The molecule has 0 saturated carbocycles. The van der Waals surface area contributed by atoms with Crippen molar-refractivity contribution in [1.82, 2.24) is 9.55 Å². The molecule has 1 aromatic heterocycles. The Bertz CT molecular complexity index is 843. The van der Waals surface area contributed by atoms with Gasteiger partial charge in [0.1, 0.15) is 11.9 Å². The average Bonchev–Trinajstić information content (AvgIpc) is 2.91. The van der Waals surface area contributed by atoms with Crippen molar-refractivity contribution in [2.75, 3.05) is 13.7 Å². The number of nitrogens with zero attached hydrogens (tertiary/aromatic N) is 1. The van der Waals surface area contributed by atoms with E-state index in [0.29, 0.717) is 5.75 Å². The van der Waals surface area contributed by atoms with E-state index in [1.807, 2.05) is 12.1 Å². The van der Waals surface area contributed by atoms with Gasteiger partial charge in [-0.3, -0.25) is 14.3 Å². The number of aromatic nitrogens is 2. The second kappa shape index (κ2) is 6.83. The molecular formula is C17H20N2O6. The SMILES string of the molecule is COc1ccc(C[C@]2(n3ccc(=O)[nH]c3=O)C[C@H](O)[C@@H](CO)O2)cc1. The topological polar surface area (TPSA) is 114 Å². The molecular weight excluding hydrogens is 328 g/mol. The number of hydrogen-bond donors (Lipinski definition) is 3. The van der Waals surface area contributed by atoms with Crippen LogP contribution in [0.2, 0.25) is 0 Å². The van der Waals surface area contributed by atoms with Gasteiger partial charge in [-0.15, -0.1) is 0 Å². The van der Waals surface area contributed by atoms with E-state index in [4.69, 9.17) is 9.47 Å². The van der Waals surface area contributed by atoms with Gasteiger partial charge in [0.15, 0.2) is 5.72 Å². The fourth-order valence-corrected chi connectivity index (χ4v) is 3.18. The van der Waals surface area contributed by atoms with E-state index in [9.17, 15) is 19.8 Å². The predicted octanol–water partition coefficient (Wildman–Crippen LogP) is -0.417. The van der Waals surface area contributed by atoms with Gasteiger partial charge >= 0.3 is 5.69 Å². The van der Waals surface area contributed by atoms with E-state index in [-0.39, 0.29) is 19.4 Å². The second-order valence-electron chi connectivity index (χ2n) is 6.06. The summed E-state index contributed by atoms with van der Waals surface area (Å²) in [5.74, 6) is 0.694. The summed E-state index contributed by atoms with van der Waals surface area (Å²) < 4.78 is 12.3. The molecule has 3 N–H and O–H groups in total. The maximum absolute atomic E-state index is 12.3. The van der Waals surface area contributed by atoms with Crippen molar-refractivity contribution in [3.8, 4) is 5.75 Å². The van der Waals surface area contributed by atoms with Crippen LogP contribution in [0, 0.1) is 0 Å². The van der Waals surface area contributed by atoms with Crippen LogP contribution in [0.5, 0.6) is 5.75 Å². The van der Waals surface area contributed by atoms with Crippen molar-refractivity contribution >= 4 is 0 Å². The Morgan fingerprint density at radius 2 is 2.04 bits per heavy atom. The maximum atomic E-state index is 12.3. The number of ether oxygens (including phenoxy) is 2. The first-order chi connectivity index (χ1) is 12.0. The largest absolute Gasteiger partial charge is 0.497 e. The van der Waals surface area contributed by atoms with Crippen LogP contribution in [0.1, 0.15) is 12.0 Å². The summed E-state index contributed by atoms with van der Waals surface area (Å²) in [5.41, 5.74) is -1.50. The number of methoxy groups -OCH3 is 1. The Hall–Kier alpha value is -2.42. The standard InChI is InChI=1S/C17H20N2O6/c1-24-12-4-2-11(3-5-12)8-17(9-13(21)14(10-20)25-17)19-7-6-15(22)18-16(19)23/h2-7,13-14,20-21H,8-10H2,1H3,(H,18,22,23)/t13-,14+,17+/m0/s1. The fourth-order valence-electron chi connectivity index (χ4n) is 3.18. The highest BCUT2D eigenvalue weighted by molar-refractivity contribution is 5.28. The first-order valence-electron chi connectivity index (χ1n) is 7.89. The van der Waals surface area contributed by atoms with E-state index < -0.39 is 29.2 Å². The minimum absolute atomic E-state index is 0.107. The van der Waals surface area contributed by atoms with Crippen molar-refractivity contribution in [3.05, 3.63) is 62.9 Å². The third-order valence-electron chi connectivity index (χ3n) is 4.41. The summed E-state index contributed by atoms with van der Waals surface area (Å²) in [5, 5.41) is 19.6. The lowest BCUT2D eigenvalue weighted by Gasteiger charge is -2.31. The Morgan fingerprint density at radius 3 is 2.60 bits per heavy atom. The highest BCUT2D eigenvalue weighted by Gasteiger charge is 2.47. The molecule has 0 amide bonds. The second-order valence-corrected chi connectivity index (χ2v) is 6.06. The van der Waals surface area contributed by atoms with Crippen LogP contribution < -0.4 is 16.0 Å². The predicted molar refractivity (Wildman–Crippen MR) is 88.6 cm³/mol. The summed E-state index contributed by atoms with van der Waals surface area (Å²) in [6.07, 6.45) is -0.0108. The monoisotopic (exact) mass is 348 g/mol. The molecule has 0 radical (unpaired) electrons. The molecule has 8 heteroatoms. The molecule has 0 aliphatic carbocycles. The number of aliphatic hydroxyl groups is 2. The third-order valence-corrected chi connectivity index (χ3v) is 4.41. The Morgan fingerprint density at radius 1 is 1.32 bits per heavy atom. The molecule has 1 aromatic carbocycles. The van der Waals surface area contributed by atoms with Crippen LogP contribution in [0.3, 0.4) is 0 Å². The molecule has 1 aliphatic heterocycles. The quantitative estimate of drug-likeness (QED) is 0.676. The minimum Gasteiger partial charge on any atom is -0.497 e. The van der Waals surface area contributed by atoms with Crippen molar-refractivity contribution in [1.29, 1.82) is 0 Å². The highest BCUT2D eigenvalue weighted by Crippen LogP contribution is 2.37. The van der Waals surface area contributed by atoms with Crippen LogP contribution in [0.4, 0.5) is 0 Å². The minimum atomic E-state index is -1.21. The molecule has 1 fully saturated rings. The molecule has 2 heterocycles. The normalized spacial score (nSPS) is 25.9. The lowest BCUT2D eigenvalue weighted by Crippen LogP contribution is -2.45. The third kappa shape index (κ3) is 3.37. The molecule has 25 heavy (non-hydrogen) atoms. The van der Waals surface area contributed by atoms with Crippen LogP contribution in [0.25, 0.3) is 0 Å². The summed E-state index contributed by atoms with van der Waals surface area (Å²) in [6, 6.07) is 8.46. The zero-order valence-electron chi connectivity index (χ0n) is 13.7. The smallest absolute Gasteiger partial charge is 0.330 e. The number of H-pyrrole nitrogens is 1. The summed E-state index contributed by atoms with van der Waals surface area (Å²) in [7, 11) is 1.57. The fraction of sp³-hybridized carbons (Fsp3) is 0.412. The Balaban J connectivity index is 2.03. The number of rotatable bonds is 5. The first kappa shape index (κ1) is 17.4. The maximum Gasteiger partial charge on any atom is 0.330 e. The number of nitrogens with one attached hydrogen (secondary N) is 1. The van der Waals surface area contributed by atoms with Crippen molar-refractivity contribution < 1.29 is 19.7 Å². The average molecular weight is 348 g/mol. The molecule has 0 bridgehead atoms. The number of aliphatic hydroxyl groups excluding tert-OH is 2. The van der Waals surface area contributed by atoms with Gasteiger partial charge < -0.3 is 19.7 Å². The van der Waals surface area contributed by atoms with E-state index in [0.717, 1.165) is 5.56 Å². The van der Waals surface area contributed by atoms with Gasteiger partial charge in [0.2, 0.25) is 0 Å². The molecule has 134 valence electrons. The van der Waals surface area contributed by atoms with Crippen LogP contribution >= 0.6 is 0 Å². The lowest BCUT2D eigenvalue weighted by molar-refractivity contribution is -0.119. The van der Waals surface area contributed by atoms with E-state index >= 15 is 0 Å². The summed E-state index contributed by atoms with van der Waals surface area (Å²) >= 11 is 0. The van der Waals surface area contributed by atoms with Gasteiger partial charge in [0.05, 0.1) is 19.8 Å². The zero-order chi connectivity index (χ0) is 18.0. The van der Waals surface area contributed by atoms with Crippen molar-refractivity contribution in [2.45, 2.75) is 30.8 Å². The van der Waals surface area contributed by atoms with Crippen molar-refractivity contribution in [3.63, 3.8) is 0 Å². The van der Waals surface area contributed by atoms with E-state index in [1.54, 1.807) is 19.2 Å². The first-order valence-corrected chi connectivity index (χ1v) is 7.89. The molecule has 1 saturated heterocycles. The van der Waals surface area contributed by atoms with Crippen LogP contribution in [0.15, 0.2) is 46.1 Å². The van der Waals surface area contributed by atoms with Crippen LogP contribution in [-0.4, -0.2) is 45.7 Å². The van der Waals surface area contributed by atoms with Gasteiger partial charge in [-0.1, -0.05) is 12.1 Å². The van der Waals surface area contributed by atoms with Gasteiger partial charge in [-0.2, -0.15) is 0 Å². The molecule has 1 aliphatic rings. The summed E-state index contributed by atoms with van der Waals surface area (Å²) in [6.45, 7) is -0.371. The van der Waals surface area contributed by atoms with Crippen molar-refractivity contribution in [2.24, 2.45) is 0 Å². The number of hydrogen-bond acceptors (Lipinski definition) is 6. The van der Waals surface area contributed by atoms with Gasteiger partial charge in [0, 0.05) is 25.1 Å². The molecule has 0 unspecified atom stereocenters. The van der Waals surface area contributed by atoms with E-state index in [1.165, 1.54) is 16.8 Å². The zero-order valence-corrected chi connectivity index (χ0v) is 13.7. The highest BCUT2D eigenvalue weighted by atomic mass is 16.6. The van der Waals surface area contributed by atoms with Gasteiger partial charge in [-0.05, 0) is 17.7 Å².